The molecule has 0 radical (unpaired) electrons. The topological polar surface area (TPSA) is 110 Å². The van der Waals surface area contributed by atoms with Gasteiger partial charge in [0.2, 0.25) is 0 Å². The molecule has 0 aliphatic heterocycles. The maximum Gasteiger partial charge on any atom is 0.469 e. The molecule has 0 aromatic rings. The zero-order valence-electron chi connectivity index (χ0n) is 20.4. The van der Waals surface area contributed by atoms with E-state index < -0.39 is 13.7 Å². The SMILES string of the molecule is CCCCCCCCCCCCCCCC(=O)CC(COC(=O)CCC)COP(=O)(O)O. The number of esters is 1. The molecule has 0 bridgehead atoms. The van der Waals surface area contributed by atoms with Crippen LogP contribution in [0.1, 0.15) is 123 Å². The first kappa shape index (κ1) is 31.2. The maximum absolute atomic E-state index is 12.3. The molecule has 0 aromatic heterocycles. The lowest BCUT2D eigenvalue weighted by Crippen LogP contribution is -2.21. The van der Waals surface area contributed by atoms with Gasteiger partial charge >= 0.3 is 13.8 Å². The van der Waals surface area contributed by atoms with Gasteiger partial charge in [-0.25, -0.2) is 4.57 Å². The fourth-order valence-electron chi connectivity index (χ4n) is 3.62. The van der Waals surface area contributed by atoms with Gasteiger partial charge in [0.25, 0.3) is 0 Å². The first-order valence-corrected chi connectivity index (χ1v) is 14.2. The molecule has 0 saturated heterocycles. The second-order valence-corrected chi connectivity index (χ2v) is 10.1. The van der Waals surface area contributed by atoms with Crippen molar-refractivity contribution in [2.24, 2.45) is 5.92 Å². The Bertz CT molecular complexity index is 518. The maximum atomic E-state index is 12.3. The second kappa shape index (κ2) is 20.8. The summed E-state index contributed by atoms with van der Waals surface area (Å²) in [7, 11) is -4.63. The van der Waals surface area contributed by atoms with Crippen LogP contribution in [0, 0.1) is 5.92 Å². The van der Waals surface area contributed by atoms with Crippen LogP contribution in [0.25, 0.3) is 0 Å². The van der Waals surface area contributed by atoms with E-state index in [1.165, 1.54) is 64.2 Å². The average molecular weight is 479 g/mol. The van der Waals surface area contributed by atoms with Gasteiger partial charge in [-0.05, 0) is 12.8 Å². The number of hydrogen-bond donors (Lipinski definition) is 2. The van der Waals surface area contributed by atoms with Crippen molar-refractivity contribution in [3.8, 4) is 0 Å². The number of carbonyl (C=O) groups excluding carboxylic acids is 2. The summed E-state index contributed by atoms with van der Waals surface area (Å²) < 4.78 is 20.6. The third-order valence-electron chi connectivity index (χ3n) is 5.49. The Morgan fingerprint density at radius 2 is 1.22 bits per heavy atom. The molecule has 0 spiro atoms. The Hall–Kier alpha value is -0.750. The highest BCUT2D eigenvalue weighted by atomic mass is 31.2. The molecule has 8 heteroatoms. The van der Waals surface area contributed by atoms with Crippen molar-refractivity contribution < 1.29 is 33.2 Å². The van der Waals surface area contributed by atoms with Gasteiger partial charge in [0.1, 0.15) is 5.78 Å². The van der Waals surface area contributed by atoms with Crippen molar-refractivity contribution in [2.45, 2.75) is 123 Å². The molecule has 32 heavy (non-hydrogen) atoms. The molecule has 2 N–H and O–H groups in total. The number of rotatable bonds is 23. The Labute approximate surface area is 195 Å². The van der Waals surface area contributed by atoms with Crippen LogP contribution in [0.15, 0.2) is 0 Å². The smallest absolute Gasteiger partial charge is 0.465 e. The average Bonchev–Trinajstić information content (AvgIpc) is 2.73. The molecule has 0 fully saturated rings. The second-order valence-electron chi connectivity index (χ2n) is 8.82. The number of phosphoric acid groups is 1. The van der Waals surface area contributed by atoms with Crippen molar-refractivity contribution in [1.82, 2.24) is 0 Å². The Morgan fingerprint density at radius 3 is 1.69 bits per heavy atom. The summed E-state index contributed by atoms with van der Waals surface area (Å²) in [6.07, 6.45) is 17.6. The molecule has 0 heterocycles. The van der Waals surface area contributed by atoms with Crippen LogP contribution >= 0.6 is 7.82 Å². The van der Waals surface area contributed by atoms with Crippen LogP contribution in [-0.4, -0.2) is 34.8 Å². The lowest BCUT2D eigenvalue weighted by molar-refractivity contribution is -0.146. The first-order chi connectivity index (χ1) is 15.3. The van der Waals surface area contributed by atoms with Crippen LogP contribution in [0.3, 0.4) is 0 Å². The molecule has 190 valence electrons. The number of ketones is 1. The van der Waals surface area contributed by atoms with E-state index in [-0.39, 0.29) is 37.8 Å². The molecule has 0 amide bonds. The summed E-state index contributed by atoms with van der Waals surface area (Å²) in [5, 5.41) is 0. The molecule has 0 aliphatic rings. The van der Waals surface area contributed by atoms with E-state index in [1.54, 1.807) is 0 Å². The van der Waals surface area contributed by atoms with Gasteiger partial charge in [-0.1, -0.05) is 90.9 Å². The third kappa shape index (κ3) is 22.4. The molecule has 0 saturated carbocycles. The quantitative estimate of drug-likeness (QED) is 0.0980. The molecule has 1 unspecified atom stereocenters. The Morgan fingerprint density at radius 1 is 0.719 bits per heavy atom. The van der Waals surface area contributed by atoms with Gasteiger partial charge in [0, 0.05) is 25.2 Å². The zero-order chi connectivity index (χ0) is 24.1. The lowest BCUT2D eigenvalue weighted by atomic mass is 9.99. The standard InChI is InChI=1S/C24H47O7P/c1-3-5-6-7-8-9-10-11-12-13-14-15-16-18-23(25)19-22(21-31-32(27,28)29)20-30-24(26)17-4-2/h22H,3-21H2,1-2H3,(H2,27,28,29). The summed E-state index contributed by atoms with van der Waals surface area (Å²) in [5.74, 6) is -0.908. The highest BCUT2D eigenvalue weighted by molar-refractivity contribution is 7.46. The van der Waals surface area contributed by atoms with E-state index in [0.29, 0.717) is 12.8 Å². The highest BCUT2D eigenvalue weighted by Crippen LogP contribution is 2.36. The Kier molecular flexibility index (Phi) is 20.3. The van der Waals surface area contributed by atoms with E-state index in [9.17, 15) is 14.2 Å². The van der Waals surface area contributed by atoms with E-state index in [1.807, 2.05) is 6.92 Å². The molecule has 7 nitrogen and oxygen atoms in total. The number of Topliss-reactive ketones (excluding diaryl/α,β-unsaturated/α-hetero) is 1. The minimum Gasteiger partial charge on any atom is -0.465 e. The molecule has 0 rings (SSSR count). The van der Waals surface area contributed by atoms with Gasteiger partial charge in [-0.15, -0.1) is 0 Å². The number of ether oxygens (including phenoxy) is 1. The van der Waals surface area contributed by atoms with Crippen LogP contribution in [-0.2, 0) is 23.4 Å². The van der Waals surface area contributed by atoms with Crippen LogP contribution in [0.5, 0.6) is 0 Å². The van der Waals surface area contributed by atoms with E-state index in [2.05, 4.69) is 11.4 Å². The third-order valence-corrected chi connectivity index (χ3v) is 5.97. The van der Waals surface area contributed by atoms with Crippen molar-refractivity contribution in [1.29, 1.82) is 0 Å². The summed E-state index contributed by atoms with van der Waals surface area (Å²) in [6.45, 7) is 3.72. The monoisotopic (exact) mass is 478 g/mol. The van der Waals surface area contributed by atoms with E-state index >= 15 is 0 Å². The molecule has 1 atom stereocenters. The fourth-order valence-corrected chi connectivity index (χ4v) is 4.02. The highest BCUT2D eigenvalue weighted by Gasteiger charge is 2.22. The minimum atomic E-state index is -4.63. The van der Waals surface area contributed by atoms with Gasteiger partial charge in [-0.2, -0.15) is 0 Å². The lowest BCUT2D eigenvalue weighted by Gasteiger charge is -2.17. The minimum absolute atomic E-state index is 0.0129. The number of hydrogen-bond acceptors (Lipinski definition) is 5. The van der Waals surface area contributed by atoms with Gasteiger partial charge in [0.15, 0.2) is 0 Å². The van der Waals surface area contributed by atoms with Crippen molar-refractivity contribution in [3.63, 3.8) is 0 Å². The van der Waals surface area contributed by atoms with Gasteiger partial charge < -0.3 is 14.5 Å². The van der Waals surface area contributed by atoms with Gasteiger partial charge in [-0.3, -0.25) is 14.1 Å². The molecule has 0 aliphatic carbocycles. The Balaban J connectivity index is 3.87. The van der Waals surface area contributed by atoms with Crippen LogP contribution in [0.4, 0.5) is 0 Å². The van der Waals surface area contributed by atoms with Crippen LogP contribution in [0.2, 0.25) is 0 Å². The predicted octanol–water partition coefficient (Wildman–Crippen LogP) is 6.50. The van der Waals surface area contributed by atoms with Crippen molar-refractivity contribution >= 4 is 19.6 Å². The molecular formula is C24H47O7P. The first-order valence-electron chi connectivity index (χ1n) is 12.7. The number of phosphoric ester groups is 1. The normalized spacial score (nSPS) is 12.6. The zero-order valence-corrected chi connectivity index (χ0v) is 21.3. The van der Waals surface area contributed by atoms with Crippen LogP contribution < -0.4 is 0 Å². The molecule has 0 aromatic carbocycles. The van der Waals surface area contributed by atoms with E-state index in [4.69, 9.17) is 14.5 Å². The predicted molar refractivity (Wildman–Crippen MR) is 127 cm³/mol. The van der Waals surface area contributed by atoms with Crippen molar-refractivity contribution in [3.05, 3.63) is 0 Å². The summed E-state index contributed by atoms with van der Waals surface area (Å²) in [5.41, 5.74) is 0. The summed E-state index contributed by atoms with van der Waals surface area (Å²) >= 11 is 0. The molecular weight excluding hydrogens is 431 g/mol. The largest absolute Gasteiger partial charge is 0.469 e. The number of carbonyl (C=O) groups is 2. The van der Waals surface area contributed by atoms with Gasteiger partial charge in [0.05, 0.1) is 13.2 Å². The summed E-state index contributed by atoms with van der Waals surface area (Å²) in [4.78, 5) is 41.6. The fraction of sp³-hybridized carbons (Fsp3) is 0.917. The summed E-state index contributed by atoms with van der Waals surface area (Å²) in [6, 6.07) is 0. The van der Waals surface area contributed by atoms with Crippen molar-refractivity contribution in [2.75, 3.05) is 13.2 Å². The van der Waals surface area contributed by atoms with E-state index in [0.717, 1.165) is 19.3 Å². The number of unbranched alkanes of at least 4 members (excludes halogenated alkanes) is 12.